The largest absolute Gasteiger partial charge is 0.459 e. The first kappa shape index (κ1) is 26.2. The number of ether oxygens (including phenoxy) is 1. The molecule has 1 aliphatic heterocycles. The molecule has 0 aliphatic carbocycles. The predicted molar refractivity (Wildman–Crippen MR) is 134 cm³/mol. The number of rotatable bonds is 4. The van der Waals surface area contributed by atoms with E-state index in [-0.39, 0.29) is 16.0 Å². The number of thiophene rings is 1. The summed E-state index contributed by atoms with van der Waals surface area (Å²) < 4.78 is 22.0. The molecule has 8 heteroatoms. The molecule has 33 heavy (non-hydrogen) atoms. The van der Waals surface area contributed by atoms with Crippen LogP contribution in [0.4, 0.5) is 4.39 Å². The third-order valence-electron chi connectivity index (χ3n) is 5.69. The zero-order valence-corrected chi connectivity index (χ0v) is 22.8. The second kappa shape index (κ2) is 9.30. The van der Waals surface area contributed by atoms with Crippen LogP contribution in [-0.2, 0) is 14.9 Å². The van der Waals surface area contributed by atoms with E-state index in [9.17, 15) is 10.1 Å². The van der Waals surface area contributed by atoms with Gasteiger partial charge in [0.15, 0.2) is 0 Å². The molecular formula is C25H29BrClFN2O2S. The average Bonchev–Trinajstić information content (AvgIpc) is 3.20. The van der Waals surface area contributed by atoms with E-state index in [1.807, 2.05) is 11.4 Å². The number of benzene rings is 1. The highest BCUT2D eigenvalue weighted by Gasteiger charge is 2.61. The van der Waals surface area contributed by atoms with Gasteiger partial charge in [0.05, 0.1) is 6.07 Å². The third-order valence-corrected chi connectivity index (χ3v) is 7.70. The van der Waals surface area contributed by atoms with Crippen LogP contribution in [0.5, 0.6) is 0 Å². The number of carbonyl (C=O) groups is 1. The van der Waals surface area contributed by atoms with E-state index in [4.69, 9.17) is 16.3 Å². The van der Waals surface area contributed by atoms with Crippen molar-refractivity contribution in [3.8, 4) is 6.07 Å². The van der Waals surface area contributed by atoms with Crippen LogP contribution in [0.1, 0.15) is 64.3 Å². The highest BCUT2D eigenvalue weighted by atomic mass is 79.9. The quantitative estimate of drug-likeness (QED) is 0.414. The summed E-state index contributed by atoms with van der Waals surface area (Å²) in [6.45, 7) is 11.6. The first-order valence-electron chi connectivity index (χ1n) is 10.8. The maximum Gasteiger partial charge on any atom is 0.324 e. The summed E-state index contributed by atoms with van der Waals surface area (Å²) in [4.78, 5) is 14.2. The second-order valence-electron chi connectivity index (χ2n) is 10.7. The minimum Gasteiger partial charge on any atom is -0.459 e. The predicted octanol–water partition coefficient (Wildman–Crippen LogP) is 6.97. The molecule has 1 unspecified atom stereocenters. The molecule has 0 amide bonds. The lowest BCUT2D eigenvalue weighted by atomic mass is 9.64. The van der Waals surface area contributed by atoms with Gasteiger partial charge in [-0.05, 0) is 66.7 Å². The van der Waals surface area contributed by atoms with Gasteiger partial charge < -0.3 is 4.74 Å². The molecular weight excluding hydrogens is 527 g/mol. The van der Waals surface area contributed by atoms with Gasteiger partial charge in [-0.1, -0.05) is 38.4 Å². The molecule has 1 fully saturated rings. The van der Waals surface area contributed by atoms with E-state index in [0.29, 0.717) is 6.42 Å². The van der Waals surface area contributed by atoms with Gasteiger partial charge in [0.25, 0.3) is 0 Å². The topological polar surface area (TPSA) is 62.1 Å². The lowest BCUT2D eigenvalue weighted by Crippen LogP contribution is -2.44. The Bertz CT molecular complexity index is 1090. The van der Waals surface area contributed by atoms with Crippen molar-refractivity contribution in [2.45, 2.75) is 77.0 Å². The number of hydrogen-bond donors (Lipinski definition) is 1. The van der Waals surface area contributed by atoms with Gasteiger partial charge in [-0.25, -0.2) is 4.39 Å². The van der Waals surface area contributed by atoms with E-state index in [2.05, 4.69) is 48.1 Å². The molecule has 178 valence electrons. The van der Waals surface area contributed by atoms with Crippen LogP contribution < -0.4 is 5.32 Å². The lowest BCUT2D eigenvalue weighted by molar-refractivity contribution is -0.157. The Morgan fingerprint density at radius 2 is 1.97 bits per heavy atom. The fourth-order valence-corrected chi connectivity index (χ4v) is 6.41. The lowest BCUT2D eigenvalue weighted by Gasteiger charge is -2.37. The van der Waals surface area contributed by atoms with Gasteiger partial charge in [-0.2, -0.15) is 5.26 Å². The fourth-order valence-electron chi connectivity index (χ4n) is 4.59. The minimum atomic E-state index is -1.35. The van der Waals surface area contributed by atoms with Crippen LogP contribution in [0.3, 0.4) is 0 Å². The normalized spacial score (nSPS) is 25.6. The zero-order valence-electron chi connectivity index (χ0n) is 19.6. The van der Waals surface area contributed by atoms with E-state index < -0.39 is 40.8 Å². The van der Waals surface area contributed by atoms with Crippen LogP contribution >= 0.6 is 38.9 Å². The fraction of sp³-hybridized carbons (Fsp3) is 0.520. The molecule has 0 spiro atoms. The van der Waals surface area contributed by atoms with Gasteiger partial charge in [-0.3, -0.25) is 10.1 Å². The van der Waals surface area contributed by atoms with Gasteiger partial charge in [0, 0.05) is 37.3 Å². The van der Waals surface area contributed by atoms with Crippen molar-refractivity contribution < 1.29 is 13.9 Å². The Kier molecular flexibility index (Phi) is 7.37. The molecule has 1 aromatic heterocycles. The van der Waals surface area contributed by atoms with Crippen molar-refractivity contribution in [1.29, 1.82) is 5.26 Å². The Morgan fingerprint density at radius 3 is 2.45 bits per heavy atom. The molecule has 2 aromatic rings. The number of halogens is 3. The SMILES string of the molecule is CC(C)(C)C[C@@H]1N[C@@H](C(=O)OC(C)(C)C)[C@H](c2cc(Br)cs2)C1(C#N)c1ccc(Cl)cc1F. The molecule has 1 aliphatic rings. The first-order chi connectivity index (χ1) is 15.2. The van der Waals surface area contributed by atoms with Crippen LogP contribution in [0.25, 0.3) is 0 Å². The van der Waals surface area contributed by atoms with Gasteiger partial charge >= 0.3 is 5.97 Å². The Morgan fingerprint density at radius 1 is 1.30 bits per heavy atom. The Hall–Kier alpha value is -1.46. The maximum absolute atomic E-state index is 15.4. The smallest absolute Gasteiger partial charge is 0.324 e. The molecule has 0 bridgehead atoms. The summed E-state index contributed by atoms with van der Waals surface area (Å²) in [5, 5.41) is 16.3. The van der Waals surface area contributed by atoms with Crippen LogP contribution in [0.15, 0.2) is 34.1 Å². The van der Waals surface area contributed by atoms with Crippen molar-refractivity contribution in [1.82, 2.24) is 5.32 Å². The molecule has 0 radical (unpaired) electrons. The monoisotopic (exact) mass is 554 g/mol. The molecule has 2 heterocycles. The molecule has 0 saturated carbocycles. The van der Waals surface area contributed by atoms with Crippen molar-refractivity contribution in [3.05, 3.63) is 55.4 Å². The maximum atomic E-state index is 15.4. The van der Waals surface area contributed by atoms with E-state index >= 15 is 4.39 Å². The summed E-state index contributed by atoms with van der Waals surface area (Å²) in [7, 11) is 0. The van der Waals surface area contributed by atoms with Crippen molar-refractivity contribution in [2.24, 2.45) is 5.41 Å². The summed E-state index contributed by atoms with van der Waals surface area (Å²) in [5.41, 5.74) is -2.01. The van der Waals surface area contributed by atoms with Crippen LogP contribution in [-0.4, -0.2) is 23.7 Å². The number of hydrogen-bond acceptors (Lipinski definition) is 5. The van der Waals surface area contributed by atoms with Gasteiger partial charge in [0.2, 0.25) is 0 Å². The standard InChI is InChI=1S/C25H29BrClFN2O2S/c1-23(2,3)11-19-25(13-29,16-8-7-15(27)10-17(16)28)20(18-9-14(26)12-33-18)21(30-19)22(31)32-24(4,5)6/h7-10,12,19-21,30H,11H2,1-6H3/t19-,20-,21+,25?/m0/s1. The highest BCUT2D eigenvalue weighted by Crippen LogP contribution is 2.53. The molecule has 3 rings (SSSR count). The average molecular weight is 556 g/mol. The first-order valence-corrected chi connectivity index (χ1v) is 12.8. The van der Waals surface area contributed by atoms with E-state index in [1.165, 1.54) is 17.4 Å². The van der Waals surface area contributed by atoms with Gasteiger partial charge in [0.1, 0.15) is 22.9 Å². The number of nitrogens with zero attached hydrogens (tertiary/aromatic N) is 1. The molecule has 1 saturated heterocycles. The molecule has 4 nitrogen and oxygen atoms in total. The van der Waals surface area contributed by atoms with E-state index in [1.54, 1.807) is 32.9 Å². The Labute approximate surface area is 212 Å². The number of esters is 1. The summed E-state index contributed by atoms with van der Waals surface area (Å²) >= 11 is 11.0. The summed E-state index contributed by atoms with van der Waals surface area (Å²) in [6, 6.07) is 7.44. The van der Waals surface area contributed by atoms with Crippen molar-refractivity contribution in [2.75, 3.05) is 0 Å². The second-order valence-corrected chi connectivity index (χ2v) is 13.0. The molecule has 1 N–H and O–H groups in total. The Balaban J connectivity index is 2.29. The summed E-state index contributed by atoms with van der Waals surface area (Å²) in [5.74, 6) is -1.67. The molecule has 4 atom stereocenters. The van der Waals surface area contributed by atoms with Crippen LogP contribution in [0.2, 0.25) is 5.02 Å². The minimum absolute atomic E-state index is 0.188. The van der Waals surface area contributed by atoms with Crippen molar-refractivity contribution >= 4 is 44.8 Å². The van der Waals surface area contributed by atoms with E-state index in [0.717, 1.165) is 9.35 Å². The highest BCUT2D eigenvalue weighted by molar-refractivity contribution is 9.10. The van der Waals surface area contributed by atoms with Crippen LogP contribution in [0, 0.1) is 22.6 Å². The van der Waals surface area contributed by atoms with Gasteiger partial charge in [-0.15, -0.1) is 11.3 Å². The van der Waals surface area contributed by atoms with Crippen molar-refractivity contribution in [3.63, 3.8) is 0 Å². The number of nitrogens with one attached hydrogen (secondary N) is 1. The third kappa shape index (κ3) is 5.45. The zero-order chi connectivity index (χ0) is 24.8. The number of nitriles is 1. The molecule has 1 aromatic carbocycles. The number of carbonyl (C=O) groups excluding carboxylic acids is 1. The summed E-state index contributed by atoms with van der Waals surface area (Å²) in [6.07, 6.45) is 0.547.